The van der Waals surface area contributed by atoms with Crippen molar-refractivity contribution in [3.05, 3.63) is 0 Å². The van der Waals surface area contributed by atoms with Gasteiger partial charge < -0.3 is 0 Å². The molecule has 0 rings (SSSR count). The van der Waals surface area contributed by atoms with E-state index in [0.29, 0.717) is 0 Å². The molecule has 0 fully saturated rings. The molecule has 0 spiro atoms. The van der Waals surface area contributed by atoms with E-state index in [1.807, 2.05) is 0 Å². The Morgan fingerprint density at radius 2 is 1.00 bits per heavy atom. The van der Waals surface area contributed by atoms with E-state index < -0.39 is 17.4 Å². The number of hydrogen-bond donors (Lipinski definition) is 0. The van der Waals surface area contributed by atoms with Crippen molar-refractivity contribution < 1.29 is 27.4 Å². The number of halogens is 3. The summed E-state index contributed by atoms with van der Waals surface area (Å²) >= 11 is -4.67. The van der Waals surface area contributed by atoms with Gasteiger partial charge in [-0.25, -0.2) is 0 Å². The molecule has 0 aliphatic heterocycles. The maximum absolute atomic E-state index is 9.81. The Labute approximate surface area is 35.6 Å². The van der Waals surface area contributed by atoms with Crippen molar-refractivity contribution in [3.63, 3.8) is 0 Å². The van der Waals surface area contributed by atoms with Crippen molar-refractivity contribution in [2.75, 3.05) is 0 Å². The van der Waals surface area contributed by atoms with E-state index in [1.165, 1.54) is 0 Å². The van der Waals surface area contributed by atoms with E-state index in [4.69, 9.17) is 0 Å². The summed E-state index contributed by atoms with van der Waals surface area (Å²) in [7, 11) is 0. The van der Waals surface area contributed by atoms with Crippen molar-refractivity contribution in [1.29, 1.82) is 0 Å². The summed E-state index contributed by atoms with van der Waals surface area (Å²) in [5.74, 6) is 0. The molecule has 0 amide bonds. The van der Waals surface area contributed by atoms with Crippen LogP contribution in [0.3, 0.4) is 0 Å². The first-order valence-electron chi connectivity index (χ1n) is 0.401. The van der Waals surface area contributed by atoms with Crippen LogP contribution in [0.25, 0.3) is 0 Å². The summed E-state index contributed by atoms with van der Waals surface area (Å²) in [5, 5.41) is 0. The monoisotopic (exact) mass is 175 g/mol. The summed E-state index contributed by atoms with van der Waals surface area (Å²) in [6, 6.07) is 0. The first-order chi connectivity index (χ1) is 1.73. The summed E-state index contributed by atoms with van der Waals surface area (Å²) in [4.78, 5) is 0. The fourth-order valence-corrected chi connectivity index (χ4v) is 0. The first kappa shape index (κ1) is 9.05. The molecule has 0 N–H and O–H groups in total. The molecule has 0 aromatic rings. The number of rotatable bonds is 0. The normalized spacial score (nSPS) is 9.00. The molecule has 0 aliphatic rings. The summed E-state index contributed by atoms with van der Waals surface area (Å²) in [5.41, 5.74) is 0. The fraction of sp³-hybridized carbons (Fsp3) is 1.00. The minimum absolute atomic E-state index is 0. The molecule has 0 aliphatic carbocycles. The van der Waals surface area contributed by atoms with Gasteiger partial charge >= 0.3 is 27.4 Å². The van der Waals surface area contributed by atoms with Crippen molar-refractivity contribution in [2.24, 2.45) is 0 Å². The quantitative estimate of drug-likeness (QED) is 0.492. The zero-order valence-electron chi connectivity index (χ0n) is 1.49. The van der Waals surface area contributed by atoms with Gasteiger partial charge in [-0.05, 0) is 0 Å². The molecular weight excluding hydrogens is 170 g/mol. The van der Waals surface area contributed by atoms with Crippen molar-refractivity contribution in [2.45, 2.75) is 7.43 Å². The van der Waals surface area contributed by atoms with Gasteiger partial charge in [0.1, 0.15) is 0 Å². The van der Waals surface area contributed by atoms with Crippen molar-refractivity contribution in [3.8, 4) is 0 Å². The molecule has 0 saturated carbocycles. The van der Waals surface area contributed by atoms with Crippen LogP contribution in [0, 0.1) is 0 Å². The SMILES string of the molecule is C.[F][Ru]([F])[F]. The van der Waals surface area contributed by atoms with E-state index >= 15 is 0 Å². The zero-order valence-corrected chi connectivity index (χ0v) is 3.23. The predicted molar refractivity (Wildman–Crippen MR) is 10.1 cm³/mol. The van der Waals surface area contributed by atoms with E-state index in [2.05, 4.69) is 0 Å². The second-order valence-electron chi connectivity index (χ2n) is 0.152. The van der Waals surface area contributed by atoms with Crippen LogP contribution in [0.15, 0.2) is 0 Å². The van der Waals surface area contributed by atoms with Crippen LogP contribution in [0.2, 0.25) is 0 Å². The molecule has 0 radical (unpaired) electrons. The van der Waals surface area contributed by atoms with Crippen molar-refractivity contribution in [1.82, 2.24) is 0 Å². The fourth-order valence-electron chi connectivity index (χ4n) is 0. The standard InChI is InChI=1S/CH4.3FH.Ru/h1H4;3*1H;/q;;;;+3/p-3. The Bertz CT molecular complexity index is 11.6. The second-order valence-corrected chi connectivity index (χ2v) is 0.896. The average Bonchev–Trinajstić information content (AvgIpc) is 0.811. The molecule has 0 nitrogen and oxygen atoms in total. The third kappa shape index (κ3) is 150. The van der Waals surface area contributed by atoms with E-state index in [1.54, 1.807) is 0 Å². The molecule has 0 atom stereocenters. The maximum atomic E-state index is 9.81. The Balaban J connectivity index is 0. The van der Waals surface area contributed by atoms with Crippen LogP contribution >= 0.6 is 0 Å². The minimum atomic E-state index is -4.67. The summed E-state index contributed by atoms with van der Waals surface area (Å²) in [6.07, 6.45) is 0. The Morgan fingerprint density at radius 1 is 1.00 bits per heavy atom. The molecular formula is CH4F3Ru. The van der Waals surface area contributed by atoms with Crippen molar-refractivity contribution >= 4 is 0 Å². The van der Waals surface area contributed by atoms with E-state index in [9.17, 15) is 9.95 Å². The average molecular weight is 174 g/mol. The molecule has 5 heavy (non-hydrogen) atoms. The Kier molecular flexibility index (Phi) is 7.99. The van der Waals surface area contributed by atoms with Gasteiger partial charge in [0.15, 0.2) is 0 Å². The van der Waals surface area contributed by atoms with E-state index in [0.717, 1.165) is 0 Å². The van der Waals surface area contributed by atoms with Crippen LogP contribution in [-0.2, 0) is 17.4 Å². The third-order valence-electron chi connectivity index (χ3n) is 0. The van der Waals surface area contributed by atoms with Gasteiger partial charge in [-0.2, -0.15) is 0 Å². The van der Waals surface area contributed by atoms with Gasteiger partial charge in [0.2, 0.25) is 0 Å². The predicted octanol–water partition coefficient (Wildman–Crippen LogP) is 1.89. The topological polar surface area (TPSA) is 0 Å². The van der Waals surface area contributed by atoms with Crippen LogP contribution in [0.1, 0.15) is 7.43 Å². The van der Waals surface area contributed by atoms with Crippen LogP contribution in [0.4, 0.5) is 9.95 Å². The van der Waals surface area contributed by atoms with Gasteiger partial charge in [0.25, 0.3) is 0 Å². The van der Waals surface area contributed by atoms with Crippen LogP contribution in [-0.4, -0.2) is 0 Å². The summed E-state index contributed by atoms with van der Waals surface area (Å²) < 4.78 is 29.4. The number of hydrogen-bond acceptors (Lipinski definition) is 0. The molecule has 0 unspecified atom stereocenters. The third-order valence-corrected chi connectivity index (χ3v) is 0. The second kappa shape index (κ2) is 4.41. The van der Waals surface area contributed by atoms with Gasteiger partial charge in [0, 0.05) is 0 Å². The van der Waals surface area contributed by atoms with E-state index in [-0.39, 0.29) is 7.43 Å². The van der Waals surface area contributed by atoms with Gasteiger partial charge in [-0.3, -0.25) is 0 Å². The first-order valence-corrected chi connectivity index (χ1v) is 2.37. The van der Waals surface area contributed by atoms with Gasteiger partial charge in [-0.15, -0.1) is 0 Å². The Hall–Kier alpha value is 0.413. The van der Waals surface area contributed by atoms with Crippen LogP contribution in [0.5, 0.6) is 0 Å². The van der Waals surface area contributed by atoms with Gasteiger partial charge in [0.05, 0.1) is 0 Å². The molecule has 0 saturated heterocycles. The van der Waals surface area contributed by atoms with Gasteiger partial charge in [-0.1, -0.05) is 7.43 Å². The molecule has 0 bridgehead atoms. The molecule has 0 heterocycles. The summed E-state index contributed by atoms with van der Waals surface area (Å²) in [6.45, 7) is 0. The zero-order chi connectivity index (χ0) is 3.58. The molecule has 4 heteroatoms. The molecule has 0 aromatic carbocycles. The van der Waals surface area contributed by atoms with Crippen LogP contribution < -0.4 is 0 Å². The Morgan fingerprint density at radius 3 is 1.00 bits per heavy atom. The molecule has 37 valence electrons. The molecule has 0 aromatic heterocycles.